The maximum Gasteiger partial charge on any atom is 0.331 e. The summed E-state index contributed by atoms with van der Waals surface area (Å²) in [5.41, 5.74) is 1.53. The van der Waals surface area contributed by atoms with Crippen LogP contribution in [0.2, 0.25) is 0 Å². The molecule has 7 heteroatoms. The molecule has 0 bridgehead atoms. The standard InChI is InChI=1S/C23H20N2O5/c26-20-15-9-4-5-10-16(15)21(27)25(20)17-11-6-12-19-24(22(17)28)18(23(29)30-19)13-14-7-2-1-3-8-14/h1-5,7-10,17-19H,6,11-13H2/t17-,18+,19+/m0/s1. The van der Waals surface area contributed by atoms with Gasteiger partial charge in [0.15, 0.2) is 6.23 Å². The maximum absolute atomic E-state index is 13.5. The fourth-order valence-corrected chi connectivity index (χ4v) is 4.61. The topological polar surface area (TPSA) is 84.0 Å². The molecule has 2 aromatic carbocycles. The molecule has 0 aromatic heterocycles. The lowest BCUT2D eigenvalue weighted by Gasteiger charge is -2.30. The van der Waals surface area contributed by atoms with Crippen molar-refractivity contribution in [2.24, 2.45) is 0 Å². The fraction of sp³-hybridized carbons (Fsp3) is 0.304. The van der Waals surface area contributed by atoms with Gasteiger partial charge in [-0.3, -0.25) is 24.2 Å². The van der Waals surface area contributed by atoms with Crippen LogP contribution in [0.5, 0.6) is 0 Å². The lowest BCUT2D eigenvalue weighted by molar-refractivity contribution is -0.143. The molecule has 3 atom stereocenters. The van der Waals surface area contributed by atoms with Gasteiger partial charge in [0.1, 0.15) is 12.1 Å². The van der Waals surface area contributed by atoms with Gasteiger partial charge in [-0.2, -0.15) is 0 Å². The van der Waals surface area contributed by atoms with E-state index in [1.807, 2.05) is 30.3 Å². The molecule has 30 heavy (non-hydrogen) atoms. The second kappa shape index (κ2) is 7.09. The Morgan fingerprint density at radius 3 is 2.13 bits per heavy atom. The van der Waals surface area contributed by atoms with Crippen molar-refractivity contribution >= 4 is 23.7 Å². The number of nitrogens with zero attached hydrogens (tertiary/aromatic N) is 2. The van der Waals surface area contributed by atoms with Crippen LogP contribution in [0.25, 0.3) is 0 Å². The van der Waals surface area contributed by atoms with Crippen molar-refractivity contribution < 1.29 is 23.9 Å². The molecule has 0 unspecified atom stereocenters. The Balaban J connectivity index is 1.47. The smallest absolute Gasteiger partial charge is 0.331 e. The van der Waals surface area contributed by atoms with E-state index >= 15 is 0 Å². The summed E-state index contributed by atoms with van der Waals surface area (Å²) >= 11 is 0. The highest BCUT2D eigenvalue weighted by molar-refractivity contribution is 6.23. The minimum absolute atomic E-state index is 0.311. The molecule has 152 valence electrons. The molecule has 0 spiro atoms. The minimum atomic E-state index is -0.935. The Morgan fingerprint density at radius 2 is 1.47 bits per heavy atom. The predicted octanol–water partition coefficient (Wildman–Crippen LogP) is 2.16. The highest BCUT2D eigenvalue weighted by Crippen LogP contribution is 2.34. The molecular weight excluding hydrogens is 384 g/mol. The number of rotatable bonds is 3. The molecule has 0 N–H and O–H groups in total. The molecule has 3 aliphatic heterocycles. The molecular formula is C23H20N2O5. The van der Waals surface area contributed by atoms with Crippen molar-refractivity contribution in [3.05, 3.63) is 71.3 Å². The first kappa shape index (κ1) is 18.5. The van der Waals surface area contributed by atoms with Crippen molar-refractivity contribution in [3.8, 4) is 0 Å². The predicted molar refractivity (Wildman–Crippen MR) is 105 cm³/mol. The lowest BCUT2D eigenvalue weighted by Crippen LogP contribution is -2.53. The monoisotopic (exact) mass is 404 g/mol. The zero-order chi connectivity index (χ0) is 20.8. The number of amides is 3. The third-order valence-corrected chi connectivity index (χ3v) is 6.05. The summed E-state index contributed by atoms with van der Waals surface area (Å²) in [6.45, 7) is 0. The SMILES string of the molecule is O=C1O[C@@H]2CCC[C@H](N3C(=O)c4ccccc4C3=O)C(=O)N2[C@@H]1Cc1ccccc1. The summed E-state index contributed by atoms with van der Waals surface area (Å²) in [4.78, 5) is 54.5. The number of fused-ring (bicyclic) bond motifs is 2. The van der Waals surface area contributed by atoms with Crippen molar-refractivity contribution in [1.29, 1.82) is 0 Å². The molecule has 2 aromatic rings. The molecule has 3 amide bonds. The van der Waals surface area contributed by atoms with E-state index in [4.69, 9.17) is 4.74 Å². The molecule has 3 heterocycles. The van der Waals surface area contributed by atoms with Crippen LogP contribution >= 0.6 is 0 Å². The average molecular weight is 404 g/mol. The van der Waals surface area contributed by atoms with Crippen molar-refractivity contribution in [2.45, 2.75) is 44.0 Å². The first-order chi connectivity index (χ1) is 14.6. The molecule has 0 aliphatic carbocycles. The summed E-state index contributed by atoms with van der Waals surface area (Å²) in [5, 5.41) is 0. The van der Waals surface area contributed by atoms with E-state index in [1.54, 1.807) is 24.3 Å². The maximum atomic E-state index is 13.5. The quantitative estimate of drug-likeness (QED) is 0.578. The minimum Gasteiger partial charge on any atom is -0.440 e. The van der Waals surface area contributed by atoms with E-state index in [1.165, 1.54) is 4.90 Å². The van der Waals surface area contributed by atoms with Gasteiger partial charge in [-0.15, -0.1) is 0 Å². The van der Waals surface area contributed by atoms with Crippen LogP contribution in [0, 0.1) is 0 Å². The van der Waals surface area contributed by atoms with E-state index in [0.29, 0.717) is 36.8 Å². The zero-order valence-corrected chi connectivity index (χ0v) is 16.2. The van der Waals surface area contributed by atoms with Crippen LogP contribution < -0.4 is 0 Å². The third-order valence-electron chi connectivity index (χ3n) is 6.05. The van der Waals surface area contributed by atoms with Gasteiger partial charge >= 0.3 is 5.97 Å². The van der Waals surface area contributed by atoms with Crippen LogP contribution in [-0.4, -0.2) is 51.8 Å². The van der Waals surface area contributed by atoms with Gasteiger partial charge in [0.2, 0.25) is 5.91 Å². The van der Waals surface area contributed by atoms with E-state index in [0.717, 1.165) is 10.5 Å². The number of hydrogen-bond donors (Lipinski definition) is 0. The Bertz CT molecular complexity index is 1020. The summed E-state index contributed by atoms with van der Waals surface area (Å²) in [6, 6.07) is 14.3. The largest absolute Gasteiger partial charge is 0.440 e. The molecule has 5 rings (SSSR count). The molecule has 0 saturated carbocycles. The average Bonchev–Trinajstić information content (AvgIpc) is 3.13. The summed E-state index contributed by atoms with van der Waals surface area (Å²) in [7, 11) is 0. The summed E-state index contributed by atoms with van der Waals surface area (Å²) < 4.78 is 5.50. The highest BCUT2D eigenvalue weighted by Gasteiger charge is 2.52. The summed E-state index contributed by atoms with van der Waals surface area (Å²) in [6.07, 6.45) is 1.08. The van der Waals surface area contributed by atoms with E-state index in [9.17, 15) is 19.2 Å². The van der Waals surface area contributed by atoms with Crippen LogP contribution in [-0.2, 0) is 20.7 Å². The third kappa shape index (κ3) is 2.81. The molecule has 7 nitrogen and oxygen atoms in total. The van der Waals surface area contributed by atoms with Crippen LogP contribution in [0.15, 0.2) is 54.6 Å². The number of esters is 1. The number of ether oxygens (including phenoxy) is 1. The van der Waals surface area contributed by atoms with Crippen LogP contribution in [0.3, 0.4) is 0 Å². The van der Waals surface area contributed by atoms with Crippen molar-refractivity contribution in [3.63, 3.8) is 0 Å². The Hall–Kier alpha value is -3.48. The van der Waals surface area contributed by atoms with Crippen LogP contribution in [0.1, 0.15) is 45.5 Å². The molecule has 0 radical (unpaired) electrons. The van der Waals surface area contributed by atoms with Crippen LogP contribution in [0.4, 0.5) is 0 Å². The van der Waals surface area contributed by atoms with E-state index in [-0.39, 0.29) is 0 Å². The van der Waals surface area contributed by atoms with Gasteiger partial charge in [-0.05, 0) is 30.5 Å². The van der Waals surface area contributed by atoms with Gasteiger partial charge in [0.25, 0.3) is 11.8 Å². The Morgan fingerprint density at radius 1 is 0.833 bits per heavy atom. The number of hydrogen-bond acceptors (Lipinski definition) is 5. The van der Waals surface area contributed by atoms with Gasteiger partial charge < -0.3 is 4.74 Å². The second-order valence-electron chi connectivity index (χ2n) is 7.82. The van der Waals surface area contributed by atoms with Crippen molar-refractivity contribution in [2.75, 3.05) is 0 Å². The normalized spacial score (nSPS) is 25.8. The summed E-state index contributed by atoms with van der Waals surface area (Å²) in [5.74, 6) is -1.77. The number of benzene rings is 2. The van der Waals surface area contributed by atoms with Crippen molar-refractivity contribution in [1.82, 2.24) is 9.80 Å². The fourth-order valence-electron chi connectivity index (χ4n) is 4.61. The van der Waals surface area contributed by atoms with E-state index < -0.39 is 42.0 Å². The number of carbonyl (C=O) groups is 4. The van der Waals surface area contributed by atoms with E-state index in [2.05, 4.69) is 0 Å². The molecule has 2 saturated heterocycles. The Kier molecular flexibility index (Phi) is 4.38. The van der Waals surface area contributed by atoms with Gasteiger partial charge in [0.05, 0.1) is 11.1 Å². The van der Waals surface area contributed by atoms with Gasteiger partial charge in [-0.1, -0.05) is 42.5 Å². The highest BCUT2D eigenvalue weighted by atomic mass is 16.6. The van der Waals surface area contributed by atoms with Gasteiger partial charge in [0, 0.05) is 12.8 Å². The number of imide groups is 1. The first-order valence-electron chi connectivity index (χ1n) is 10.1. The second-order valence-corrected chi connectivity index (χ2v) is 7.82. The zero-order valence-electron chi connectivity index (χ0n) is 16.2. The lowest BCUT2D eigenvalue weighted by atomic mass is 10.0. The van der Waals surface area contributed by atoms with Gasteiger partial charge in [-0.25, -0.2) is 4.79 Å². The molecule has 2 fully saturated rings. The Labute approximate surface area is 173 Å². The molecule has 3 aliphatic rings. The first-order valence-corrected chi connectivity index (χ1v) is 10.1. The number of carbonyl (C=O) groups excluding carboxylic acids is 4.